The quantitative estimate of drug-likeness (QED) is 0.817. The van der Waals surface area contributed by atoms with Crippen molar-refractivity contribution in [3.63, 3.8) is 0 Å². The number of pyridine rings is 1. The summed E-state index contributed by atoms with van der Waals surface area (Å²) in [5, 5.41) is 3.22. The van der Waals surface area contributed by atoms with Crippen molar-refractivity contribution in [1.29, 1.82) is 0 Å². The highest BCUT2D eigenvalue weighted by molar-refractivity contribution is 5.93. The van der Waals surface area contributed by atoms with E-state index in [0.717, 1.165) is 31.7 Å². The Balaban J connectivity index is 2.17. The average Bonchev–Trinajstić information content (AvgIpc) is 2.40. The van der Waals surface area contributed by atoms with Gasteiger partial charge in [0.2, 0.25) is 0 Å². The van der Waals surface area contributed by atoms with Gasteiger partial charge in [-0.2, -0.15) is 0 Å². The fourth-order valence-corrected chi connectivity index (χ4v) is 1.92. The molecule has 0 unspecified atom stereocenters. The Morgan fingerprint density at radius 1 is 1.53 bits per heavy atom. The Bertz CT molecular complexity index is 389. The number of amides is 1. The van der Waals surface area contributed by atoms with Crippen LogP contribution < -0.4 is 5.32 Å². The van der Waals surface area contributed by atoms with Crippen LogP contribution in [0.15, 0.2) is 18.3 Å². The molecule has 0 aliphatic carbocycles. The number of hydrogen-bond donors (Lipinski definition) is 1. The minimum atomic E-state index is -0.000787. The van der Waals surface area contributed by atoms with Crippen molar-refractivity contribution in [2.45, 2.75) is 6.61 Å². The molecule has 0 saturated carbocycles. The molecule has 0 aromatic carbocycles. The molecule has 1 saturated heterocycles. The number of carbonyl (C=O) groups excluding carboxylic acids is 1. The molecule has 1 fully saturated rings. The maximum absolute atomic E-state index is 12.3. The normalized spacial score (nSPS) is 15.9. The Labute approximate surface area is 101 Å². The SMILES string of the molecule is COCc1cccnc1C(=O)N1CCNCC1. The Morgan fingerprint density at radius 2 is 2.29 bits per heavy atom. The number of rotatable bonds is 3. The lowest BCUT2D eigenvalue weighted by Crippen LogP contribution is -2.46. The van der Waals surface area contributed by atoms with Crippen LogP contribution in [0.5, 0.6) is 0 Å². The smallest absolute Gasteiger partial charge is 0.272 e. The number of ether oxygens (including phenoxy) is 1. The molecule has 1 aliphatic heterocycles. The van der Waals surface area contributed by atoms with Crippen LogP contribution in [0.1, 0.15) is 16.1 Å². The number of piperazine rings is 1. The lowest BCUT2D eigenvalue weighted by Gasteiger charge is -2.27. The van der Waals surface area contributed by atoms with E-state index in [1.54, 1.807) is 13.3 Å². The molecule has 17 heavy (non-hydrogen) atoms. The highest BCUT2D eigenvalue weighted by Gasteiger charge is 2.21. The largest absolute Gasteiger partial charge is 0.380 e. The number of carbonyl (C=O) groups is 1. The number of methoxy groups -OCH3 is 1. The summed E-state index contributed by atoms with van der Waals surface area (Å²) in [6.45, 7) is 3.58. The third-order valence-corrected chi connectivity index (χ3v) is 2.80. The van der Waals surface area contributed by atoms with Crippen LogP contribution in [0, 0.1) is 0 Å². The molecular formula is C12H17N3O2. The van der Waals surface area contributed by atoms with Crippen molar-refractivity contribution in [2.24, 2.45) is 0 Å². The van der Waals surface area contributed by atoms with Crippen LogP contribution in [-0.4, -0.2) is 49.1 Å². The Morgan fingerprint density at radius 3 is 3.00 bits per heavy atom. The van der Waals surface area contributed by atoms with E-state index in [1.165, 1.54) is 0 Å². The molecule has 5 heteroatoms. The van der Waals surface area contributed by atoms with Gasteiger partial charge in [0.15, 0.2) is 0 Å². The summed E-state index contributed by atoms with van der Waals surface area (Å²) in [6.07, 6.45) is 1.65. The Kier molecular flexibility index (Phi) is 4.06. The van der Waals surface area contributed by atoms with E-state index >= 15 is 0 Å². The van der Waals surface area contributed by atoms with Gasteiger partial charge >= 0.3 is 0 Å². The van der Waals surface area contributed by atoms with Gasteiger partial charge in [-0.1, -0.05) is 6.07 Å². The van der Waals surface area contributed by atoms with Crippen molar-refractivity contribution in [2.75, 3.05) is 33.3 Å². The molecule has 2 rings (SSSR count). The third kappa shape index (κ3) is 2.81. The van der Waals surface area contributed by atoms with Crippen LogP contribution in [0.25, 0.3) is 0 Å². The molecule has 1 amide bonds. The first-order valence-corrected chi connectivity index (χ1v) is 5.75. The van der Waals surface area contributed by atoms with Crippen molar-refractivity contribution in [1.82, 2.24) is 15.2 Å². The zero-order valence-corrected chi connectivity index (χ0v) is 9.98. The minimum absolute atomic E-state index is 0.000787. The van der Waals surface area contributed by atoms with E-state index in [0.29, 0.717) is 12.3 Å². The minimum Gasteiger partial charge on any atom is -0.380 e. The van der Waals surface area contributed by atoms with Crippen molar-refractivity contribution >= 4 is 5.91 Å². The molecule has 0 bridgehead atoms. The molecule has 0 spiro atoms. The predicted octanol–water partition coefficient (Wildman–Crippen LogP) is 0.273. The van der Waals surface area contributed by atoms with E-state index in [1.807, 2.05) is 17.0 Å². The van der Waals surface area contributed by atoms with Crippen molar-refractivity contribution in [3.8, 4) is 0 Å². The van der Waals surface area contributed by atoms with E-state index in [4.69, 9.17) is 4.74 Å². The number of aromatic nitrogens is 1. The second-order valence-corrected chi connectivity index (χ2v) is 3.99. The lowest BCUT2D eigenvalue weighted by molar-refractivity contribution is 0.0724. The highest BCUT2D eigenvalue weighted by atomic mass is 16.5. The van der Waals surface area contributed by atoms with Crippen LogP contribution in [0.4, 0.5) is 0 Å². The van der Waals surface area contributed by atoms with Gasteiger partial charge in [0.1, 0.15) is 5.69 Å². The molecule has 1 aromatic rings. The molecule has 1 aliphatic rings. The molecule has 5 nitrogen and oxygen atoms in total. The van der Waals surface area contributed by atoms with E-state index in [2.05, 4.69) is 10.3 Å². The zero-order valence-electron chi connectivity index (χ0n) is 9.98. The maximum atomic E-state index is 12.3. The molecule has 2 heterocycles. The number of hydrogen-bond acceptors (Lipinski definition) is 4. The zero-order chi connectivity index (χ0) is 12.1. The number of nitrogens with one attached hydrogen (secondary N) is 1. The number of nitrogens with zero attached hydrogens (tertiary/aromatic N) is 2. The fraction of sp³-hybridized carbons (Fsp3) is 0.500. The van der Waals surface area contributed by atoms with Crippen LogP contribution in [-0.2, 0) is 11.3 Å². The van der Waals surface area contributed by atoms with E-state index in [9.17, 15) is 4.79 Å². The third-order valence-electron chi connectivity index (χ3n) is 2.80. The van der Waals surface area contributed by atoms with Gasteiger partial charge in [0, 0.05) is 45.0 Å². The standard InChI is InChI=1S/C12H17N3O2/c1-17-9-10-3-2-4-14-11(10)12(16)15-7-5-13-6-8-15/h2-4,13H,5-9H2,1H3. The van der Waals surface area contributed by atoms with Crippen LogP contribution in [0.3, 0.4) is 0 Å². The lowest BCUT2D eigenvalue weighted by atomic mass is 10.1. The van der Waals surface area contributed by atoms with Crippen LogP contribution >= 0.6 is 0 Å². The molecular weight excluding hydrogens is 218 g/mol. The van der Waals surface area contributed by atoms with Gasteiger partial charge in [-0.05, 0) is 6.07 Å². The Hall–Kier alpha value is -1.46. The van der Waals surface area contributed by atoms with Gasteiger partial charge in [0.05, 0.1) is 6.61 Å². The molecule has 1 N–H and O–H groups in total. The summed E-state index contributed by atoms with van der Waals surface area (Å²) >= 11 is 0. The summed E-state index contributed by atoms with van der Waals surface area (Å²) in [6, 6.07) is 3.70. The van der Waals surface area contributed by atoms with Gasteiger partial charge in [-0.3, -0.25) is 9.78 Å². The second kappa shape index (κ2) is 5.75. The molecule has 92 valence electrons. The highest BCUT2D eigenvalue weighted by Crippen LogP contribution is 2.10. The summed E-state index contributed by atoms with van der Waals surface area (Å²) in [5.74, 6) is -0.000787. The summed E-state index contributed by atoms with van der Waals surface area (Å²) in [7, 11) is 1.62. The predicted molar refractivity (Wildman–Crippen MR) is 63.7 cm³/mol. The van der Waals surface area contributed by atoms with Gasteiger partial charge in [-0.25, -0.2) is 0 Å². The maximum Gasteiger partial charge on any atom is 0.272 e. The second-order valence-electron chi connectivity index (χ2n) is 3.99. The average molecular weight is 235 g/mol. The van der Waals surface area contributed by atoms with E-state index in [-0.39, 0.29) is 5.91 Å². The molecule has 1 aromatic heterocycles. The summed E-state index contributed by atoms with van der Waals surface area (Å²) in [4.78, 5) is 18.3. The van der Waals surface area contributed by atoms with Gasteiger partial charge < -0.3 is 15.0 Å². The van der Waals surface area contributed by atoms with Crippen LogP contribution in [0.2, 0.25) is 0 Å². The first-order valence-electron chi connectivity index (χ1n) is 5.75. The monoisotopic (exact) mass is 235 g/mol. The topological polar surface area (TPSA) is 54.5 Å². The first kappa shape index (κ1) is 12.0. The molecule has 0 radical (unpaired) electrons. The van der Waals surface area contributed by atoms with Gasteiger partial charge in [-0.15, -0.1) is 0 Å². The van der Waals surface area contributed by atoms with Crippen molar-refractivity contribution < 1.29 is 9.53 Å². The van der Waals surface area contributed by atoms with Gasteiger partial charge in [0.25, 0.3) is 5.91 Å². The molecule has 0 atom stereocenters. The fourth-order valence-electron chi connectivity index (χ4n) is 1.92. The van der Waals surface area contributed by atoms with Crippen molar-refractivity contribution in [3.05, 3.63) is 29.6 Å². The first-order chi connectivity index (χ1) is 8.33. The van der Waals surface area contributed by atoms with E-state index < -0.39 is 0 Å². The summed E-state index contributed by atoms with van der Waals surface area (Å²) < 4.78 is 5.08. The summed E-state index contributed by atoms with van der Waals surface area (Å²) in [5.41, 5.74) is 1.36.